The number of hydrogen-bond donors (Lipinski definition) is 0. The lowest BCUT2D eigenvalue weighted by Gasteiger charge is -2.17. The van der Waals surface area contributed by atoms with E-state index in [1.165, 1.54) is 0 Å². The zero-order valence-electron chi connectivity index (χ0n) is 10.3. The molecule has 0 aliphatic heterocycles. The minimum absolute atomic E-state index is 0.170. The van der Waals surface area contributed by atoms with Crippen LogP contribution in [0.2, 0.25) is 5.02 Å². The molecule has 0 unspecified atom stereocenters. The first-order valence-electron chi connectivity index (χ1n) is 5.69. The molecule has 0 heterocycles. The Kier molecular flexibility index (Phi) is 6.45. The summed E-state index contributed by atoms with van der Waals surface area (Å²) in [5.41, 5.74) is 1.06. The Labute approximate surface area is 112 Å². The van der Waals surface area contributed by atoms with E-state index in [1.54, 1.807) is 16.7 Å². The summed E-state index contributed by atoms with van der Waals surface area (Å²) in [5, 5.41) is 0.712. The summed E-state index contributed by atoms with van der Waals surface area (Å²) >= 11 is 7.59. The Morgan fingerprint density at radius 1 is 1.47 bits per heavy atom. The van der Waals surface area contributed by atoms with Crippen LogP contribution in [0.15, 0.2) is 24.3 Å². The highest BCUT2D eigenvalue weighted by molar-refractivity contribution is 7.99. The molecule has 2 nitrogen and oxygen atoms in total. The second kappa shape index (κ2) is 7.62. The number of hydrogen-bond acceptors (Lipinski definition) is 2. The Balaban J connectivity index is 2.43. The van der Waals surface area contributed by atoms with Gasteiger partial charge in [-0.3, -0.25) is 4.79 Å². The molecule has 0 radical (unpaired) electrons. The molecule has 0 aromatic heterocycles. The number of benzene rings is 1. The lowest BCUT2D eigenvalue weighted by atomic mass is 10.2. The summed E-state index contributed by atoms with van der Waals surface area (Å²) in [6, 6.07) is 7.62. The molecule has 1 amide bonds. The van der Waals surface area contributed by atoms with Crippen molar-refractivity contribution in [1.82, 2.24) is 4.90 Å². The summed E-state index contributed by atoms with van der Waals surface area (Å²) in [6.45, 7) is 2.74. The normalized spacial score (nSPS) is 10.3. The van der Waals surface area contributed by atoms with Crippen LogP contribution in [-0.2, 0) is 11.3 Å². The van der Waals surface area contributed by atoms with E-state index >= 15 is 0 Å². The zero-order valence-corrected chi connectivity index (χ0v) is 11.9. The third kappa shape index (κ3) is 5.46. The Morgan fingerprint density at radius 2 is 2.24 bits per heavy atom. The Hall–Kier alpha value is -0.670. The standard InChI is InChI=1S/C13H18ClNOS/c1-3-7-17-10-13(16)15(2)9-11-5-4-6-12(14)8-11/h4-6,8H,3,7,9-10H2,1-2H3. The van der Waals surface area contributed by atoms with Gasteiger partial charge in [-0.2, -0.15) is 11.8 Å². The van der Waals surface area contributed by atoms with Crippen molar-refractivity contribution in [3.05, 3.63) is 34.9 Å². The number of carbonyl (C=O) groups excluding carboxylic acids is 1. The molecule has 0 N–H and O–H groups in total. The molecule has 0 spiro atoms. The predicted molar refractivity (Wildman–Crippen MR) is 75.5 cm³/mol. The largest absolute Gasteiger partial charge is 0.341 e. The quantitative estimate of drug-likeness (QED) is 0.739. The van der Waals surface area contributed by atoms with Gasteiger partial charge in [-0.1, -0.05) is 30.7 Å². The summed E-state index contributed by atoms with van der Waals surface area (Å²) < 4.78 is 0. The van der Waals surface area contributed by atoms with Crippen LogP contribution in [0.1, 0.15) is 18.9 Å². The van der Waals surface area contributed by atoms with Gasteiger partial charge in [0, 0.05) is 18.6 Å². The van der Waals surface area contributed by atoms with E-state index in [0.717, 1.165) is 17.7 Å². The van der Waals surface area contributed by atoms with Crippen molar-refractivity contribution in [3.63, 3.8) is 0 Å². The molecule has 1 aromatic rings. The topological polar surface area (TPSA) is 20.3 Å². The molecule has 0 bridgehead atoms. The summed E-state index contributed by atoms with van der Waals surface area (Å²) in [7, 11) is 1.83. The van der Waals surface area contributed by atoms with Crippen molar-refractivity contribution in [3.8, 4) is 0 Å². The highest BCUT2D eigenvalue weighted by atomic mass is 35.5. The van der Waals surface area contributed by atoms with Gasteiger partial charge in [-0.25, -0.2) is 0 Å². The van der Waals surface area contributed by atoms with Crippen LogP contribution in [0.25, 0.3) is 0 Å². The van der Waals surface area contributed by atoms with Crippen LogP contribution >= 0.6 is 23.4 Å². The minimum Gasteiger partial charge on any atom is -0.341 e. The predicted octanol–water partition coefficient (Wildman–Crippen LogP) is 3.44. The fraction of sp³-hybridized carbons (Fsp3) is 0.462. The Bertz CT molecular complexity index is 370. The van der Waals surface area contributed by atoms with Gasteiger partial charge in [0.2, 0.25) is 5.91 Å². The van der Waals surface area contributed by atoms with E-state index in [2.05, 4.69) is 6.92 Å². The second-order valence-corrected chi connectivity index (χ2v) is 5.47. The average molecular weight is 272 g/mol. The highest BCUT2D eigenvalue weighted by Crippen LogP contribution is 2.13. The molecular weight excluding hydrogens is 254 g/mol. The first-order chi connectivity index (χ1) is 8.13. The molecular formula is C13H18ClNOS. The van der Waals surface area contributed by atoms with Gasteiger partial charge in [-0.05, 0) is 29.9 Å². The summed E-state index contributed by atoms with van der Waals surface area (Å²) in [4.78, 5) is 13.5. The Morgan fingerprint density at radius 3 is 2.88 bits per heavy atom. The number of carbonyl (C=O) groups is 1. The van der Waals surface area contributed by atoms with E-state index in [4.69, 9.17) is 11.6 Å². The van der Waals surface area contributed by atoms with E-state index in [-0.39, 0.29) is 5.91 Å². The van der Waals surface area contributed by atoms with Gasteiger partial charge in [-0.15, -0.1) is 0 Å². The lowest BCUT2D eigenvalue weighted by molar-refractivity contribution is -0.127. The molecule has 0 fully saturated rings. The fourth-order valence-electron chi connectivity index (χ4n) is 1.41. The first kappa shape index (κ1) is 14.4. The third-order valence-corrected chi connectivity index (χ3v) is 3.69. The molecule has 0 atom stereocenters. The smallest absolute Gasteiger partial charge is 0.232 e. The zero-order chi connectivity index (χ0) is 12.7. The first-order valence-corrected chi connectivity index (χ1v) is 7.23. The fourth-order valence-corrected chi connectivity index (χ4v) is 2.45. The van der Waals surface area contributed by atoms with Gasteiger partial charge in [0.05, 0.1) is 5.75 Å². The van der Waals surface area contributed by atoms with E-state index in [9.17, 15) is 4.79 Å². The van der Waals surface area contributed by atoms with Crippen LogP contribution in [-0.4, -0.2) is 29.4 Å². The molecule has 17 heavy (non-hydrogen) atoms. The maximum atomic E-state index is 11.8. The van der Waals surface area contributed by atoms with Gasteiger partial charge in [0.15, 0.2) is 0 Å². The van der Waals surface area contributed by atoms with Crippen molar-refractivity contribution in [2.75, 3.05) is 18.6 Å². The van der Waals surface area contributed by atoms with Crippen molar-refractivity contribution >= 4 is 29.3 Å². The molecule has 1 rings (SSSR count). The van der Waals surface area contributed by atoms with E-state index in [0.29, 0.717) is 17.3 Å². The molecule has 94 valence electrons. The number of thioether (sulfide) groups is 1. The van der Waals surface area contributed by atoms with Crippen LogP contribution < -0.4 is 0 Å². The maximum Gasteiger partial charge on any atom is 0.232 e. The molecule has 0 aliphatic rings. The van der Waals surface area contributed by atoms with Crippen LogP contribution in [0.3, 0.4) is 0 Å². The van der Waals surface area contributed by atoms with Gasteiger partial charge < -0.3 is 4.90 Å². The highest BCUT2D eigenvalue weighted by Gasteiger charge is 2.08. The third-order valence-electron chi connectivity index (χ3n) is 2.31. The van der Waals surface area contributed by atoms with Gasteiger partial charge >= 0.3 is 0 Å². The van der Waals surface area contributed by atoms with Gasteiger partial charge in [0.25, 0.3) is 0 Å². The molecule has 0 saturated heterocycles. The maximum absolute atomic E-state index is 11.8. The van der Waals surface area contributed by atoms with Crippen molar-refractivity contribution in [2.45, 2.75) is 19.9 Å². The van der Waals surface area contributed by atoms with E-state index in [1.807, 2.05) is 31.3 Å². The van der Waals surface area contributed by atoms with E-state index < -0.39 is 0 Å². The van der Waals surface area contributed by atoms with Gasteiger partial charge in [0.1, 0.15) is 0 Å². The number of halogens is 1. The summed E-state index contributed by atoms with van der Waals surface area (Å²) in [5.74, 6) is 1.77. The van der Waals surface area contributed by atoms with Crippen LogP contribution in [0, 0.1) is 0 Å². The molecule has 4 heteroatoms. The minimum atomic E-state index is 0.170. The second-order valence-electron chi connectivity index (χ2n) is 3.93. The number of rotatable bonds is 6. The summed E-state index contributed by atoms with van der Waals surface area (Å²) in [6.07, 6.45) is 1.11. The van der Waals surface area contributed by atoms with Crippen molar-refractivity contribution in [1.29, 1.82) is 0 Å². The molecule has 1 aromatic carbocycles. The number of amides is 1. The molecule has 0 aliphatic carbocycles. The van der Waals surface area contributed by atoms with Crippen molar-refractivity contribution < 1.29 is 4.79 Å². The molecule has 0 saturated carbocycles. The van der Waals surface area contributed by atoms with Crippen molar-refractivity contribution in [2.24, 2.45) is 0 Å². The van der Waals surface area contributed by atoms with Crippen LogP contribution in [0.5, 0.6) is 0 Å². The lowest BCUT2D eigenvalue weighted by Crippen LogP contribution is -2.27. The van der Waals surface area contributed by atoms with Crippen LogP contribution in [0.4, 0.5) is 0 Å². The monoisotopic (exact) mass is 271 g/mol. The number of nitrogens with zero attached hydrogens (tertiary/aromatic N) is 1. The SMILES string of the molecule is CCCSCC(=O)N(C)Cc1cccc(Cl)c1. The average Bonchev–Trinajstić information content (AvgIpc) is 2.29.